The van der Waals surface area contributed by atoms with E-state index in [-0.39, 0.29) is 0 Å². The molecule has 16 heavy (non-hydrogen) atoms. The van der Waals surface area contributed by atoms with Crippen LogP contribution in [0.4, 0.5) is 13.2 Å². The average molecular weight is 236 g/mol. The van der Waals surface area contributed by atoms with Crippen molar-refractivity contribution in [3.63, 3.8) is 0 Å². The Morgan fingerprint density at radius 3 is 2.50 bits per heavy atom. The van der Waals surface area contributed by atoms with E-state index >= 15 is 0 Å². The van der Waals surface area contributed by atoms with E-state index in [9.17, 15) is 13.2 Å². The molecule has 0 radical (unpaired) electrons. The predicted octanol–water partition coefficient (Wildman–Crippen LogP) is 1.87. The first kappa shape index (κ1) is 12.2. The molecule has 1 heterocycles. The van der Waals surface area contributed by atoms with Gasteiger partial charge in [-0.2, -0.15) is 13.2 Å². The summed E-state index contributed by atoms with van der Waals surface area (Å²) < 4.78 is 36.5. The molecule has 1 aliphatic heterocycles. The van der Waals surface area contributed by atoms with Gasteiger partial charge in [-0.25, -0.2) is 0 Å². The minimum Gasteiger partial charge on any atom is -0.317 e. The van der Waals surface area contributed by atoms with Gasteiger partial charge in [0.25, 0.3) is 0 Å². The number of nitrogens with zero attached hydrogens (tertiary/aromatic N) is 1. The van der Waals surface area contributed by atoms with Gasteiger partial charge < -0.3 is 5.32 Å². The predicted molar refractivity (Wildman–Crippen MR) is 56.2 cm³/mol. The Morgan fingerprint density at radius 1 is 1.31 bits per heavy atom. The second kappa shape index (κ2) is 4.18. The van der Waals surface area contributed by atoms with Crippen LogP contribution in [0, 0.1) is 11.3 Å². The Hall–Kier alpha value is -0.290. The van der Waals surface area contributed by atoms with Crippen LogP contribution in [-0.4, -0.2) is 44.3 Å². The van der Waals surface area contributed by atoms with E-state index in [1.165, 1.54) is 4.90 Å². The van der Waals surface area contributed by atoms with Crippen molar-refractivity contribution in [1.82, 2.24) is 10.2 Å². The van der Waals surface area contributed by atoms with Gasteiger partial charge in [-0.05, 0) is 50.7 Å². The van der Waals surface area contributed by atoms with Gasteiger partial charge in [0, 0.05) is 6.54 Å². The molecule has 1 aliphatic carbocycles. The molecule has 0 aromatic rings. The van der Waals surface area contributed by atoms with Crippen LogP contribution in [0.15, 0.2) is 0 Å². The van der Waals surface area contributed by atoms with Crippen molar-refractivity contribution < 1.29 is 13.2 Å². The van der Waals surface area contributed by atoms with Crippen LogP contribution in [0.25, 0.3) is 0 Å². The Morgan fingerprint density at radius 2 is 1.94 bits per heavy atom. The monoisotopic (exact) mass is 236 g/mol. The summed E-state index contributed by atoms with van der Waals surface area (Å²) in [5.41, 5.74) is 0.380. The number of nitrogens with one attached hydrogen (secondary N) is 1. The Kier molecular flexibility index (Phi) is 3.18. The summed E-state index contributed by atoms with van der Waals surface area (Å²) in [7, 11) is 1.57. The van der Waals surface area contributed by atoms with Gasteiger partial charge in [0.2, 0.25) is 0 Å². The maximum Gasteiger partial charge on any atom is 0.401 e. The second-order valence-corrected chi connectivity index (χ2v) is 5.33. The van der Waals surface area contributed by atoms with Crippen LogP contribution >= 0.6 is 0 Å². The van der Waals surface area contributed by atoms with Crippen molar-refractivity contribution in [2.75, 3.05) is 33.2 Å². The fraction of sp³-hybridized carbons (Fsp3) is 1.00. The number of hydrogen-bond donors (Lipinski definition) is 1. The van der Waals surface area contributed by atoms with E-state index in [0.29, 0.717) is 17.9 Å². The molecule has 1 N–H and O–H groups in total. The highest BCUT2D eigenvalue weighted by atomic mass is 19.4. The lowest BCUT2D eigenvalue weighted by atomic mass is 9.92. The highest BCUT2D eigenvalue weighted by Gasteiger charge is 2.53. The molecule has 0 aromatic carbocycles. The lowest BCUT2D eigenvalue weighted by Gasteiger charge is -2.25. The largest absolute Gasteiger partial charge is 0.401 e. The van der Waals surface area contributed by atoms with E-state index in [2.05, 4.69) is 5.32 Å². The van der Waals surface area contributed by atoms with Gasteiger partial charge in [-0.15, -0.1) is 0 Å². The molecule has 1 unspecified atom stereocenters. The standard InChI is InChI=1S/C11H19F3N2/c1-16(8-11(12,13)14)7-9-6-10(9)2-4-15-5-3-10/h9,15H,2-8H2,1H3. The van der Waals surface area contributed by atoms with Crippen LogP contribution < -0.4 is 5.32 Å². The fourth-order valence-corrected chi connectivity index (χ4v) is 2.97. The van der Waals surface area contributed by atoms with Crippen LogP contribution in [0.1, 0.15) is 19.3 Å². The van der Waals surface area contributed by atoms with Crippen LogP contribution in [0.3, 0.4) is 0 Å². The maximum atomic E-state index is 12.2. The number of halogens is 3. The molecule has 0 bridgehead atoms. The summed E-state index contributed by atoms with van der Waals surface area (Å²) in [5.74, 6) is 0.488. The molecule has 5 heteroatoms. The molecule has 1 saturated heterocycles. The first-order chi connectivity index (χ1) is 7.41. The maximum absolute atomic E-state index is 12.2. The van der Waals surface area contributed by atoms with Gasteiger partial charge in [0.05, 0.1) is 6.54 Å². The smallest absolute Gasteiger partial charge is 0.317 e. The zero-order valence-electron chi connectivity index (χ0n) is 9.61. The van der Waals surface area contributed by atoms with Crippen molar-refractivity contribution in [2.24, 2.45) is 11.3 Å². The van der Waals surface area contributed by atoms with Gasteiger partial charge in [-0.1, -0.05) is 0 Å². The molecule has 2 rings (SSSR count). The minimum atomic E-state index is -4.06. The normalized spacial score (nSPS) is 28.7. The van der Waals surface area contributed by atoms with Gasteiger partial charge >= 0.3 is 6.18 Å². The fourth-order valence-electron chi connectivity index (χ4n) is 2.97. The zero-order chi connectivity index (χ0) is 11.8. The topological polar surface area (TPSA) is 15.3 Å². The zero-order valence-corrected chi connectivity index (χ0v) is 9.61. The highest BCUT2D eigenvalue weighted by molar-refractivity contribution is 5.05. The van der Waals surface area contributed by atoms with E-state index in [1.807, 2.05) is 0 Å². The molecule has 2 fully saturated rings. The molecule has 1 spiro atoms. The third-order valence-electron chi connectivity index (χ3n) is 3.94. The van der Waals surface area contributed by atoms with E-state index in [4.69, 9.17) is 0 Å². The molecule has 0 aromatic heterocycles. The van der Waals surface area contributed by atoms with Crippen molar-refractivity contribution >= 4 is 0 Å². The van der Waals surface area contributed by atoms with Gasteiger partial charge in [0.1, 0.15) is 0 Å². The second-order valence-electron chi connectivity index (χ2n) is 5.33. The quantitative estimate of drug-likeness (QED) is 0.804. The summed E-state index contributed by atoms with van der Waals surface area (Å²) in [4.78, 5) is 1.42. The van der Waals surface area contributed by atoms with E-state index in [1.54, 1.807) is 7.05 Å². The van der Waals surface area contributed by atoms with E-state index < -0.39 is 12.7 Å². The molecule has 94 valence electrons. The first-order valence-corrected chi connectivity index (χ1v) is 5.87. The SMILES string of the molecule is CN(CC1CC12CCNCC2)CC(F)(F)F. The number of hydrogen-bond acceptors (Lipinski definition) is 2. The average Bonchev–Trinajstić information content (AvgIpc) is 2.75. The van der Waals surface area contributed by atoms with Gasteiger partial charge in [0.15, 0.2) is 0 Å². The summed E-state index contributed by atoms with van der Waals surface area (Å²) in [6.45, 7) is 1.87. The van der Waals surface area contributed by atoms with Crippen LogP contribution in [0.5, 0.6) is 0 Å². The van der Waals surface area contributed by atoms with Crippen molar-refractivity contribution in [2.45, 2.75) is 25.4 Å². The number of rotatable bonds is 3. The summed E-state index contributed by atoms with van der Waals surface area (Å²) in [6.07, 6.45) is -0.670. The molecule has 1 atom stereocenters. The molecular formula is C11H19F3N2. The third kappa shape index (κ3) is 2.88. The highest BCUT2D eigenvalue weighted by Crippen LogP contribution is 2.58. The Bertz CT molecular complexity index is 246. The Labute approximate surface area is 94.2 Å². The number of piperidine rings is 1. The summed E-state index contributed by atoms with van der Waals surface area (Å²) in [5, 5.41) is 3.30. The molecule has 1 saturated carbocycles. The third-order valence-corrected chi connectivity index (χ3v) is 3.94. The summed E-state index contributed by atoms with van der Waals surface area (Å²) >= 11 is 0. The lowest BCUT2D eigenvalue weighted by molar-refractivity contribution is -0.143. The van der Waals surface area contributed by atoms with Gasteiger partial charge in [-0.3, -0.25) is 4.90 Å². The molecule has 2 nitrogen and oxygen atoms in total. The molecular weight excluding hydrogens is 217 g/mol. The minimum absolute atomic E-state index is 0.380. The van der Waals surface area contributed by atoms with Crippen molar-refractivity contribution in [3.8, 4) is 0 Å². The van der Waals surface area contributed by atoms with Crippen LogP contribution in [-0.2, 0) is 0 Å². The first-order valence-electron chi connectivity index (χ1n) is 5.87. The van der Waals surface area contributed by atoms with Crippen LogP contribution in [0.2, 0.25) is 0 Å². The number of alkyl halides is 3. The lowest BCUT2D eigenvalue weighted by Crippen LogP contribution is -2.35. The molecule has 0 amide bonds. The van der Waals surface area contributed by atoms with Crippen molar-refractivity contribution in [1.29, 1.82) is 0 Å². The van der Waals surface area contributed by atoms with Crippen molar-refractivity contribution in [3.05, 3.63) is 0 Å². The van der Waals surface area contributed by atoms with E-state index in [0.717, 1.165) is 32.4 Å². The Balaban J connectivity index is 1.75. The summed E-state index contributed by atoms with van der Waals surface area (Å²) in [6, 6.07) is 0. The molecule has 2 aliphatic rings.